The maximum Gasteiger partial charge on any atom is 0.408 e. The van der Waals surface area contributed by atoms with Gasteiger partial charge in [-0.25, -0.2) is 14.8 Å². The second-order valence-corrected chi connectivity index (χ2v) is 17.3. The number of amides is 6. The molecule has 10 N–H and O–H groups in total. The standard InChI is InChI=1S/C47H66N10O8/c1-7-30(6)41(46(63)54-37(42(48)59)20-33-23-49-26-51-33)57-43(60)35(29(4)5)22-40(58)36(18-28(2)3)53-45(62)39(21-34-24-50-27-52-34)55-44(61)38(19-31-14-10-8-11-15-31)56-47(64)65-25-32-16-12-9-13-17-32/h8-17,23-24,26-30,35-41,58H,7,18-22,25H2,1-6H3,(H2,48,59)(H,49,51)(H,50,52)(H,53,62)(H,54,63)(H,55,61)(H,56,64)(H,57,60)/t30-,35-,36-,37-,38-,39-,40-,41-/m0/s1. The molecule has 65 heavy (non-hydrogen) atoms. The summed E-state index contributed by atoms with van der Waals surface area (Å²) in [5.74, 6) is -4.57. The molecule has 0 saturated carbocycles. The van der Waals surface area contributed by atoms with E-state index in [2.05, 4.69) is 46.5 Å². The first kappa shape index (κ1) is 51.1. The number of nitrogens with one attached hydrogen (secondary N) is 7. The number of imidazole rings is 2. The summed E-state index contributed by atoms with van der Waals surface area (Å²) in [6.45, 7) is 11.2. The molecule has 0 fully saturated rings. The number of hydrogen-bond acceptors (Lipinski definition) is 10. The van der Waals surface area contributed by atoms with E-state index in [1.54, 1.807) is 31.5 Å². The Kier molecular flexibility index (Phi) is 20.2. The van der Waals surface area contributed by atoms with Crippen LogP contribution in [0.15, 0.2) is 85.7 Å². The van der Waals surface area contributed by atoms with Crippen LogP contribution in [0, 0.1) is 23.7 Å². The van der Waals surface area contributed by atoms with Gasteiger partial charge in [-0.1, -0.05) is 109 Å². The number of aliphatic hydroxyl groups excluding tert-OH is 1. The molecular formula is C47H66N10O8. The molecular weight excluding hydrogens is 833 g/mol. The summed E-state index contributed by atoms with van der Waals surface area (Å²) in [6, 6.07) is 12.9. The first-order valence-corrected chi connectivity index (χ1v) is 22.2. The van der Waals surface area contributed by atoms with Gasteiger partial charge in [0.15, 0.2) is 0 Å². The molecule has 2 aromatic carbocycles. The first-order chi connectivity index (χ1) is 31.0. The van der Waals surface area contributed by atoms with Crippen LogP contribution in [0.2, 0.25) is 0 Å². The van der Waals surface area contributed by atoms with Gasteiger partial charge in [-0.3, -0.25) is 24.0 Å². The molecule has 6 amide bonds. The summed E-state index contributed by atoms with van der Waals surface area (Å²) in [4.78, 5) is 95.7. The summed E-state index contributed by atoms with van der Waals surface area (Å²) in [5, 5.41) is 25.9. The fourth-order valence-electron chi connectivity index (χ4n) is 7.33. The molecule has 352 valence electrons. The van der Waals surface area contributed by atoms with Gasteiger partial charge >= 0.3 is 6.09 Å². The topological polar surface area (TPSA) is 275 Å². The number of H-pyrrole nitrogens is 2. The number of nitrogens with zero attached hydrogens (tertiary/aromatic N) is 2. The predicted octanol–water partition coefficient (Wildman–Crippen LogP) is 3.00. The minimum atomic E-state index is -1.24. The van der Waals surface area contributed by atoms with E-state index in [4.69, 9.17) is 10.5 Å². The van der Waals surface area contributed by atoms with Crippen molar-refractivity contribution in [2.24, 2.45) is 29.4 Å². The minimum absolute atomic E-state index is 0.0137. The zero-order valence-electron chi connectivity index (χ0n) is 38.1. The maximum absolute atomic E-state index is 14.3. The van der Waals surface area contributed by atoms with Gasteiger partial charge in [0.2, 0.25) is 29.5 Å². The van der Waals surface area contributed by atoms with Crippen LogP contribution in [0.5, 0.6) is 0 Å². The zero-order valence-corrected chi connectivity index (χ0v) is 38.1. The molecule has 18 nitrogen and oxygen atoms in total. The van der Waals surface area contributed by atoms with Gasteiger partial charge in [0.05, 0.1) is 36.2 Å². The Morgan fingerprint density at radius 1 is 0.662 bits per heavy atom. The van der Waals surface area contributed by atoms with Crippen molar-refractivity contribution in [2.45, 2.75) is 123 Å². The largest absolute Gasteiger partial charge is 0.445 e. The highest BCUT2D eigenvalue weighted by molar-refractivity contribution is 5.93. The molecule has 2 aromatic heterocycles. The van der Waals surface area contributed by atoms with Crippen LogP contribution in [-0.4, -0.2) is 97.0 Å². The highest BCUT2D eigenvalue weighted by atomic mass is 16.5. The lowest BCUT2D eigenvalue weighted by Crippen LogP contribution is -2.58. The summed E-state index contributed by atoms with van der Waals surface area (Å²) < 4.78 is 5.44. The normalized spacial score (nSPS) is 15.0. The van der Waals surface area contributed by atoms with E-state index >= 15 is 0 Å². The maximum atomic E-state index is 14.3. The number of aromatic nitrogens is 4. The monoisotopic (exact) mass is 899 g/mol. The number of benzene rings is 2. The average Bonchev–Trinajstić information content (AvgIpc) is 4.00. The van der Waals surface area contributed by atoms with Gasteiger partial charge in [0.25, 0.3) is 0 Å². The number of primary amides is 1. The third-order valence-corrected chi connectivity index (χ3v) is 11.3. The molecule has 0 saturated heterocycles. The number of carbonyl (C=O) groups excluding carboxylic acids is 6. The van der Waals surface area contributed by atoms with Crippen molar-refractivity contribution in [3.05, 3.63) is 108 Å². The first-order valence-electron chi connectivity index (χ1n) is 22.2. The summed E-state index contributed by atoms with van der Waals surface area (Å²) in [7, 11) is 0. The predicted molar refractivity (Wildman–Crippen MR) is 243 cm³/mol. The molecule has 18 heteroatoms. The summed E-state index contributed by atoms with van der Waals surface area (Å²) >= 11 is 0. The molecule has 0 bridgehead atoms. The van der Waals surface area contributed by atoms with Crippen LogP contribution in [0.25, 0.3) is 0 Å². The number of aromatic amines is 2. The molecule has 8 atom stereocenters. The number of carbonyl (C=O) groups is 6. The van der Waals surface area contributed by atoms with Crippen LogP contribution >= 0.6 is 0 Å². The highest BCUT2D eigenvalue weighted by Gasteiger charge is 2.36. The molecule has 0 aliphatic heterocycles. The Balaban J connectivity index is 1.51. The second-order valence-electron chi connectivity index (χ2n) is 17.3. The van der Waals surface area contributed by atoms with Crippen molar-refractivity contribution in [2.75, 3.05) is 0 Å². The van der Waals surface area contributed by atoms with Crippen LogP contribution in [0.4, 0.5) is 4.79 Å². The van der Waals surface area contributed by atoms with E-state index in [0.717, 1.165) is 11.1 Å². The average molecular weight is 899 g/mol. The highest BCUT2D eigenvalue weighted by Crippen LogP contribution is 2.23. The summed E-state index contributed by atoms with van der Waals surface area (Å²) in [6.07, 6.45) is 4.89. The molecule has 4 aromatic rings. The lowest BCUT2D eigenvalue weighted by atomic mass is 9.85. The molecule has 4 rings (SSSR count). The Bertz CT molecular complexity index is 2080. The van der Waals surface area contributed by atoms with E-state index in [9.17, 15) is 33.9 Å². The van der Waals surface area contributed by atoms with Crippen LogP contribution in [-0.2, 0) is 54.6 Å². The van der Waals surface area contributed by atoms with Gasteiger partial charge in [0, 0.05) is 37.6 Å². The number of hydrogen-bond donors (Lipinski definition) is 9. The molecule has 0 aliphatic rings. The van der Waals surface area contributed by atoms with Gasteiger partial charge in [-0.15, -0.1) is 0 Å². The number of ether oxygens (including phenoxy) is 1. The fourth-order valence-corrected chi connectivity index (χ4v) is 7.33. The third-order valence-electron chi connectivity index (χ3n) is 11.3. The Hall–Kier alpha value is -6.56. The number of nitrogens with two attached hydrogens (primary N) is 1. The van der Waals surface area contributed by atoms with Gasteiger partial charge in [-0.05, 0) is 41.7 Å². The van der Waals surface area contributed by atoms with E-state index in [1.165, 1.54) is 12.7 Å². The zero-order chi connectivity index (χ0) is 47.5. The number of alkyl carbamates (subject to hydrolysis) is 1. The van der Waals surface area contributed by atoms with Crippen molar-refractivity contribution in [1.29, 1.82) is 0 Å². The van der Waals surface area contributed by atoms with E-state index in [-0.39, 0.29) is 50.0 Å². The molecule has 2 heterocycles. The quantitative estimate of drug-likeness (QED) is 0.0445. The molecule has 0 radical (unpaired) electrons. The number of aliphatic hydroxyl groups is 1. The lowest BCUT2D eigenvalue weighted by Gasteiger charge is -2.32. The van der Waals surface area contributed by atoms with Crippen molar-refractivity contribution in [3.8, 4) is 0 Å². The van der Waals surface area contributed by atoms with Crippen molar-refractivity contribution in [3.63, 3.8) is 0 Å². The SMILES string of the molecule is CC[C@H](C)[C@H](NC(=O)[C@@H](C[C@H](O)[C@H](CC(C)C)NC(=O)[C@H](Cc1c[nH]cn1)NC(=O)[C@H](Cc1ccccc1)NC(=O)OCc1ccccc1)C(C)C)C(=O)N[C@@H](Cc1c[nH]cn1)C(N)=O. The van der Waals surface area contributed by atoms with Crippen molar-refractivity contribution in [1.82, 2.24) is 46.5 Å². The van der Waals surface area contributed by atoms with E-state index < -0.39 is 77.9 Å². The number of rotatable bonds is 26. The van der Waals surface area contributed by atoms with Crippen molar-refractivity contribution >= 4 is 35.6 Å². The molecule has 0 unspecified atom stereocenters. The summed E-state index contributed by atoms with van der Waals surface area (Å²) in [5.41, 5.74) is 8.14. The van der Waals surface area contributed by atoms with Gasteiger partial charge < -0.3 is 52.1 Å². The second kappa shape index (κ2) is 25.7. The Labute approximate surface area is 380 Å². The molecule has 0 aliphatic carbocycles. The third kappa shape index (κ3) is 16.8. The van der Waals surface area contributed by atoms with E-state index in [1.807, 2.05) is 83.1 Å². The smallest absolute Gasteiger partial charge is 0.408 e. The Morgan fingerprint density at radius 3 is 1.72 bits per heavy atom. The Morgan fingerprint density at radius 2 is 1.20 bits per heavy atom. The minimum Gasteiger partial charge on any atom is -0.445 e. The van der Waals surface area contributed by atoms with Gasteiger partial charge in [0.1, 0.15) is 30.8 Å². The van der Waals surface area contributed by atoms with Crippen LogP contribution in [0.1, 0.15) is 83.3 Å². The van der Waals surface area contributed by atoms with E-state index in [0.29, 0.717) is 24.2 Å². The molecule has 0 spiro atoms. The van der Waals surface area contributed by atoms with Crippen molar-refractivity contribution < 1.29 is 38.6 Å². The fraction of sp³-hybridized carbons (Fsp3) is 0.489. The van der Waals surface area contributed by atoms with Crippen LogP contribution in [0.3, 0.4) is 0 Å². The van der Waals surface area contributed by atoms with Crippen LogP contribution < -0.4 is 32.3 Å². The lowest BCUT2D eigenvalue weighted by molar-refractivity contribution is -0.135. The van der Waals surface area contributed by atoms with Gasteiger partial charge in [-0.2, -0.15) is 0 Å².